The number of fused-ring (bicyclic) bond motifs is 1. The van der Waals surface area contributed by atoms with E-state index in [4.69, 9.17) is 9.47 Å². The molecule has 7 nitrogen and oxygen atoms in total. The molecule has 1 aliphatic heterocycles. The zero-order chi connectivity index (χ0) is 16.7. The molecular weight excluding hydrogens is 328 g/mol. The summed E-state index contributed by atoms with van der Waals surface area (Å²) in [5.41, 5.74) is 1.20. The molecular formula is C16H16N4O3S. The SMILES string of the molecule is COc1cccc2sc(N3CC(OC(=O)c4ccn(C)n4)C3)nc12. The van der Waals surface area contributed by atoms with Gasteiger partial charge in [0.25, 0.3) is 0 Å². The van der Waals surface area contributed by atoms with Gasteiger partial charge in [-0.15, -0.1) is 0 Å². The van der Waals surface area contributed by atoms with Crippen LogP contribution in [0.1, 0.15) is 10.5 Å². The normalized spacial score (nSPS) is 14.7. The number of esters is 1. The number of para-hydroxylation sites is 1. The summed E-state index contributed by atoms with van der Waals surface area (Å²) in [4.78, 5) is 18.7. The van der Waals surface area contributed by atoms with Crippen molar-refractivity contribution >= 4 is 32.7 Å². The molecule has 3 aromatic rings. The number of ether oxygens (including phenoxy) is 2. The molecule has 1 saturated heterocycles. The highest BCUT2D eigenvalue weighted by Gasteiger charge is 2.33. The minimum absolute atomic E-state index is 0.131. The summed E-state index contributed by atoms with van der Waals surface area (Å²) in [5.74, 6) is 0.389. The molecule has 4 rings (SSSR count). The van der Waals surface area contributed by atoms with E-state index < -0.39 is 0 Å². The van der Waals surface area contributed by atoms with Gasteiger partial charge >= 0.3 is 5.97 Å². The molecule has 2 aromatic heterocycles. The Labute approximate surface area is 142 Å². The number of aromatic nitrogens is 3. The maximum atomic E-state index is 12.0. The minimum atomic E-state index is -0.383. The second-order valence-electron chi connectivity index (χ2n) is 5.61. The van der Waals surface area contributed by atoms with Crippen LogP contribution in [-0.2, 0) is 11.8 Å². The Morgan fingerprint density at radius 2 is 2.17 bits per heavy atom. The summed E-state index contributed by atoms with van der Waals surface area (Å²) in [5, 5.41) is 4.97. The smallest absolute Gasteiger partial charge is 0.359 e. The Morgan fingerprint density at radius 3 is 2.88 bits per heavy atom. The van der Waals surface area contributed by atoms with Crippen LogP contribution in [-0.4, -0.2) is 47.0 Å². The highest BCUT2D eigenvalue weighted by atomic mass is 32.1. The lowest BCUT2D eigenvalue weighted by Crippen LogP contribution is -2.53. The number of aryl methyl sites for hydroxylation is 1. The minimum Gasteiger partial charge on any atom is -0.494 e. The molecule has 8 heteroatoms. The van der Waals surface area contributed by atoms with Crippen molar-refractivity contribution in [2.45, 2.75) is 6.10 Å². The third kappa shape index (κ3) is 2.58. The van der Waals surface area contributed by atoms with Crippen molar-refractivity contribution < 1.29 is 14.3 Å². The number of anilines is 1. The molecule has 24 heavy (non-hydrogen) atoms. The topological polar surface area (TPSA) is 69.5 Å². The van der Waals surface area contributed by atoms with Gasteiger partial charge in [0.1, 0.15) is 17.4 Å². The van der Waals surface area contributed by atoms with E-state index in [1.807, 2.05) is 18.2 Å². The van der Waals surface area contributed by atoms with E-state index in [9.17, 15) is 4.79 Å². The summed E-state index contributed by atoms with van der Waals surface area (Å²) < 4.78 is 13.5. The molecule has 1 aromatic carbocycles. The van der Waals surface area contributed by atoms with Crippen molar-refractivity contribution in [1.82, 2.24) is 14.8 Å². The maximum Gasteiger partial charge on any atom is 0.359 e. The first-order valence-corrected chi connectivity index (χ1v) is 8.35. The van der Waals surface area contributed by atoms with Crippen molar-refractivity contribution in [3.63, 3.8) is 0 Å². The molecule has 0 radical (unpaired) electrons. The van der Waals surface area contributed by atoms with Gasteiger partial charge in [-0.2, -0.15) is 5.10 Å². The number of methoxy groups -OCH3 is 1. The summed E-state index contributed by atoms with van der Waals surface area (Å²) in [7, 11) is 3.41. The summed E-state index contributed by atoms with van der Waals surface area (Å²) in [6, 6.07) is 7.53. The van der Waals surface area contributed by atoms with Crippen LogP contribution in [0.3, 0.4) is 0 Å². The van der Waals surface area contributed by atoms with Crippen LogP contribution in [0.5, 0.6) is 5.75 Å². The second kappa shape index (κ2) is 5.79. The third-order valence-corrected chi connectivity index (χ3v) is 4.99. The molecule has 0 amide bonds. The Hall–Kier alpha value is -2.61. The standard InChI is InChI=1S/C16H16N4O3S/c1-19-7-6-11(18-19)15(21)23-10-8-20(9-10)16-17-14-12(22-2)4-3-5-13(14)24-16/h3-7,10H,8-9H2,1-2H3. The van der Waals surface area contributed by atoms with E-state index in [1.54, 1.807) is 42.4 Å². The molecule has 0 N–H and O–H groups in total. The Morgan fingerprint density at radius 1 is 1.33 bits per heavy atom. The highest BCUT2D eigenvalue weighted by Crippen LogP contribution is 2.35. The molecule has 0 spiro atoms. The van der Waals surface area contributed by atoms with Crippen LogP contribution in [0.25, 0.3) is 10.2 Å². The molecule has 0 atom stereocenters. The van der Waals surface area contributed by atoms with E-state index in [-0.39, 0.29) is 12.1 Å². The quantitative estimate of drug-likeness (QED) is 0.675. The van der Waals surface area contributed by atoms with Gasteiger partial charge in [-0.05, 0) is 18.2 Å². The number of hydrogen-bond acceptors (Lipinski definition) is 7. The number of thiazole rings is 1. The van der Waals surface area contributed by atoms with E-state index >= 15 is 0 Å². The molecule has 1 aliphatic rings. The maximum absolute atomic E-state index is 12.0. The first kappa shape index (κ1) is 14.9. The third-order valence-electron chi connectivity index (χ3n) is 3.91. The van der Waals surface area contributed by atoms with Crippen LogP contribution in [0, 0.1) is 0 Å². The molecule has 0 aliphatic carbocycles. The summed E-state index contributed by atoms with van der Waals surface area (Å²) in [6.45, 7) is 1.28. The number of benzene rings is 1. The van der Waals surface area contributed by atoms with Gasteiger partial charge < -0.3 is 14.4 Å². The average molecular weight is 344 g/mol. The van der Waals surface area contributed by atoms with E-state index in [1.165, 1.54) is 0 Å². The van der Waals surface area contributed by atoms with Crippen molar-refractivity contribution in [3.8, 4) is 5.75 Å². The Bertz CT molecular complexity index is 898. The van der Waals surface area contributed by atoms with Gasteiger partial charge in [-0.1, -0.05) is 17.4 Å². The lowest BCUT2D eigenvalue weighted by atomic mass is 10.2. The van der Waals surface area contributed by atoms with Crippen molar-refractivity contribution in [2.75, 3.05) is 25.1 Å². The molecule has 3 heterocycles. The summed E-state index contributed by atoms with van der Waals surface area (Å²) >= 11 is 1.61. The molecule has 0 saturated carbocycles. The van der Waals surface area contributed by atoms with E-state index in [0.29, 0.717) is 18.8 Å². The van der Waals surface area contributed by atoms with E-state index in [0.717, 1.165) is 21.1 Å². The first-order chi connectivity index (χ1) is 11.6. The number of carbonyl (C=O) groups is 1. The van der Waals surface area contributed by atoms with Gasteiger partial charge in [-0.25, -0.2) is 9.78 Å². The lowest BCUT2D eigenvalue weighted by Gasteiger charge is -2.37. The Kier molecular flexibility index (Phi) is 3.61. The fourth-order valence-corrected chi connectivity index (χ4v) is 3.62. The van der Waals surface area contributed by atoms with Gasteiger partial charge in [0.2, 0.25) is 0 Å². The zero-order valence-electron chi connectivity index (χ0n) is 13.3. The monoisotopic (exact) mass is 344 g/mol. The largest absolute Gasteiger partial charge is 0.494 e. The predicted octanol–water partition coefficient (Wildman–Crippen LogP) is 2.08. The van der Waals surface area contributed by atoms with Crippen molar-refractivity contribution in [3.05, 3.63) is 36.2 Å². The second-order valence-corrected chi connectivity index (χ2v) is 6.62. The Balaban J connectivity index is 1.41. The molecule has 1 fully saturated rings. The predicted molar refractivity (Wildman–Crippen MR) is 90.8 cm³/mol. The number of carbonyl (C=O) groups excluding carboxylic acids is 1. The van der Waals surface area contributed by atoms with Gasteiger partial charge in [0, 0.05) is 13.2 Å². The van der Waals surface area contributed by atoms with Gasteiger partial charge in [0.05, 0.1) is 24.9 Å². The molecule has 124 valence electrons. The zero-order valence-corrected chi connectivity index (χ0v) is 14.1. The fraction of sp³-hybridized carbons (Fsp3) is 0.312. The van der Waals surface area contributed by atoms with Crippen molar-refractivity contribution in [1.29, 1.82) is 0 Å². The van der Waals surface area contributed by atoms with Crippen LogP contribution in [0.15, 0.2) is 30.5 Å². The van der Waals surface area contributed by atoms with Gasteiger partial charge in [-0.3, -0.25) is 4.68 Å². The lowest BCUT2D eigenvalue weighted by molar-refractivity contribution is 0.0227. The summed E-state index contributed by atoms with van der Waals surface area (Å²) in [6.07, 6.45) is 1.59. The highest BCUT2D eigenvalue weighted by molar-refractivity contribution is 7.22. The van der Waals surface area contributed by atoms with Crippen LogP contribution < -0.4 is 9.64 Å². The number of rotatable bonds is 4. The first-order valence-electron chi connectivity index (χ1n) is 7.53. The molecule has 0 unspecified atom stereocenters. The van der Waals surface area contributed by atoms with Gasteiger partial charge in [0.15, 0.2) is 10.8 Å². The van der Waals surface area contributed by atoms with Crippen LogP contribution in [0.4, 0.5) is 5.13 Å². The molecule has 0 bridgehead atoms. The fourth-order valence-electron chi connectivity index (χ4n) is 2.62. The van der Waals surface area contributed by atoms with Crippen LogP contribution in [0.2, 0.25) is 0 Å². The van der Waals surface area contributed by atoms with E-state index in [2.05, 4.69) is 15.0 Å². The van der Waals surface area contributed by atoms with Crippen molar-refractivity contribution in [2.24, 2.45) is 7.05 Å². The average Bonchev–Trinajstić information content (AvgIpc) is 3.15. The number of hydrogen-bond donors (Lipinski definition) is 0. The van der Waals surface area contributed by atoms with Crippen LogP contribution >= 0.6 is 11.3 Å². The number of nitrogens with zero attached hydrogens (tertiary/aromatic N) is 4.